The summed E-state index contributed by atoms with van der Waals surface area (Å²) in [5.41, 5.74) is 0.769. The Hall–Kier alpha value is -2.50. The van der Waals surface area contributed by atoms with Crippen molar-refractivity contribution in [2.75, 3.05) is 5.32 Å². The summed E-state index contributed by atoms with van der Waals surface area (Å²) in [5, 5.41) is 13.4. The lowest BCUT2D eigenvalue weighted by Gasteiger charge is -2.06. The first-order valence-corrected chi connectivity index (χ1v) is 5.48. The second kappa shape index (κ2) is 5.43. The first-order valence-electron chi connectivity index (χ1n) is 5.48. The van der Waals surface area contributed by atoms with Crippen molar-refractivity contribution in [2.45, 2.75) is 6.54 Å². The van der Waals surface area contributed by atoms with Crippen molar-refractivity contribution in [3.63, 3.8) is 0 Å². The van der Waals surface area contributed by atoms with E-state index < -0.39 is 10.7 Å². The topological polar surface area (TPSA) is 55.2 Å². The molecular weight excluding hydrogens is 254 g/mol. The normalized spacial score (nSPS) is 10.2. The van der Waals surface area contributed by atoms with Gasteiger partial charge in [0.25, 0.3) is 5.69 Å². The van der Waals surface area contributed by atoms with E-state index in [1.165, 1.54) is 18.2 Å². The molecule has 2 aromatic carbocycles. The van der Waals surface area contributed by atoms with Gasteiger partial charge in [-0.05, 0) is 23.8 Å². The van der Waals surface area contributed by atoms with Crippen LogP contribution in [-0.2, 0) is 6.54 Å². The number of nitro groups is 1. The maximum absolute atomic E-state index is 13.2. The zero-order valence-corrected chi connectivity index (χ0v) is 9.77. The summed E-state index contributed by atoms with van der Waals surface area (Å²) >= 11 is 0. The molecule has 0 bridgehead atoms. The minimum Gasteiger partial charge on any atom is -0.381 e. The average molecular weight is 264 g/mol. The van der Waals surface area contributed by atoms with E-state index in [0.717, 1.165) is 17.7 Å². The summed E-state index contributed by atoms with van der Waals surface area (Å²) in [5.74, 6) is -1.03. The Morgan fingerprint density at radius 3 is 2.37 bits per heavy atom. The van der Waals surface area contributed by atoms with Gasteiger partial charge in [0.05, 0.1) is 11.0 Å². The lowest BCUT2D eigenvalue weighted by atomic mass is 10.2. The van der Waals surface area contributed by atoms with Crippen LogP contribution in [0.4, 0.5) is 20.2 Å². The van der Waals surface area contributed by atoms with Crippen LogP contribution < -0.4 is 5.32 Å². The third-order valence-electron chi connectivity index (χ3n) is 2.50. The van der Waals surface area contributed by atoms with Crippen LogP contribution in [0.25, 0.3) is 0 Å². The van der Waals surface area contributed by atoms with E-state index in [0.29, 0.717) is 12.2 Å². The number of nitrogens with zero attached hydrogens (tertiary/aromatic N) is 1. The summed E-state index contributed by atoms with van der Waals surface area (Å²) in [6, 6.07) is 9.04. The van der Waals surface area contributed by atoms with Crippen molar-refractivity contribution >= 4 is 11.4 Å². The maximum Gasteiger partial charge on any atom is 0.274 e. The standard InChI is InChI=1S/C13H10F2N2O2/c14-10-3-1-9(2-4-10)8-16-12-5-11(15)6-13(7-12)17(18)19/h1-7,16H,8H2. The minimum atomic E-state index is -0.684. The zero-order chi connectivity index (χ0) is 13.8. The predicted octanol–water partition coefficient (Wildman–Crippen LogP) is 3.49. The van der Waals surface area contributed by atoms with Crippen LogP contribution in [0, 0.1) is 21.7 Å². The Kier molecular flexibility index (Phi) is 3.70. The van der Waals surface area contributed by atoms with Gasteiger partial charge in [0.2, 0.25) is 0 Å². The molecule has 0 unspecified atom stereocenters. The molecule has 98 valence electrons. The first kappa shape index (κ1) is 12.9. The Labute approximate surface area is 107 Å². The molecular formula is C13H10F2N2O2. The highest BCUT2D eigenvalue weighted by atomic mass is 19.1. The second-order valence-electron chi connectivity index (χ2n) is 3.94. The molecule has 0 saturated heterocycles. The number of rotatable bonds is 4. The van der Waals surface area contributed by atoms with Gasteiger partial charge in [-0.3, -0.25) is 10.1 Å². The monoisotopic (exact) mass is 264 g/mol. The molecule has 0 aliphatic rings. The number of benzene rings is 2. The van der Waals surface area contributed by atoms with Gasteiger partial charge in [-0.2, -0.15) is 0 Å². The molecule has 0 saturated carbocycles. The maximum atomic E-state index is 13.2. The van der Waals surface area contributed by atoms with Gasteiger partial charge in [-0.25, -0.2) is 8.78 Å². The van der Waals surface area contributed by atoms with Crippen molar-refractivity contribution in [3.05, 3.63) is 69.8 Å². The summed E-state index contributed by atoms with van der Waals surface area (Å²) in [6.45, 7) is 0.320. The molecule has 0 heterocycles. The number of hydrogen-bond donors (Lipinski definition) is 1. The Morgan fingerprint density at radius 2 is 1.74 bits per heavy atom. The van der Waals surface area contributed by atoms with Gasteiger partial charge < -0.3 is 5.32 Å². The molecule has 2 rings (SSSR count). The van der Waals surface area contributed by atoms with Gasteiger partial charge in [0.1, 0.15) is 11.6 Å². The number of nitro benzene ring substituents is 1. The van der Waals surface area contributed by atoms with E-state index in [1.54, 1.807) is 12.1 Å². The van der Waals surface area contributed by atoms with Crippen LogP contribution in [0.15, 0.2) is 42.5 Å². The smallest absolute Gasteiger partial charge is 0.274 e. The van der Waals surface area contributed by atoms with Crippen LogP contribution in [0.1, 0.15) is 5.56 Å². The number of halogens is 2. The lowest BCUT2D eigenvalue weighted by molar-refractivity contribution is -0.385. The number of nitrogens with one attached hydrogen (secondary N) is 1. The Bertz CT molecular complexity index is 600. The molecule has 0 amide bonds. The first-order chi connectivity index (χ1) is 9.04. The van der Waals surface area contributed by atoms with Gasteiger partial charge in [-0.15, -0.1) is 0 Å². The van der Waals surface area contributed by atoms with Crippen molar-refractivity contribution < 1.29 is 13.7 Å². The molecule has 0 aliphatic carbocycles. The molecule has 6 heteroatoms. The van der Waals surface area contributed by atoms with Gasteiger partial charge in [0.15, 0.2) is 0 Å². The van der Waals surface area contributed by atoms with Gasteiger partial charge in [0, 0.05) is 18.3 Å². The fourth-order valence-corrected chi connectivity index (χ4v) is 1.59. The van der Waals surface area contributed by atoms with Crippen LogP contribution in [-0.4, -0.2) is 4.92 Å². The highest BCUT2D eigenvalue weighted by Crippen LogP contribution is 2.20. The summed E-state index contributed by atoms with van der Waals surface area (Å²) in [6.07, 6.45) is 0. The van der Waals surface area contributed by atoms with Crippen molar-refractivity contribution in [2.24, 2.45) is 0 Å². The van der Waals surface area contributed by atoms with Gasteiger partial charge >= 0.3 is 0 Å². The SMILES string of the molecule is O=[N+]([O-])c1cc(F)cc(NCc2ccc(F)cc2)c1. The third kappa shape index (κ3) is 3.48. The van der Waals surface area contributed by atoms with E-state index in [-0.39, 0.29) is 11.5 Å². The summed E-state index contributed by atoms with van der Waals surface area (Å²) < 4.78 is 25.9. The fraction of sp³-hybridized carbons (Fsp3) is 0.0769. The van der Waals surface area contributed by atoms with Crippen LogP contribution in [0.2, 0.25) is 0 Å². The number of non-ortho nitro benzene ring substituents is 1. The highest BCUT2D eigenvalue weighted by Gasteiger charge is 2.09. The largest absolute Gasteiger partial charge is 0.381 e. The highest BCUT2D eigenvalue weighted by molar-refractivity contribution is 5.51. The number of hydrogen-bond acceptors (Lipinski definition) is 3. The van der Waals surface area contributed by atoms with Crippen LogP contribution in [0.5, 0.6) is 0 Å². The molecule has 0 fully saturated rings. The number of anilines is 1. The summed E-state index contributed by atoms with van der Waals surface area (Å²) in [7, 11) is 0. The molecule has 4 nitrogen and oxygen atoms in total. The van der Waals surface area contributed by atoms with Crippen LogP contribution >= 0.6 is 0 Å². The molecule has 0 atom stereocenters. The predicted molar refractivity (Wildman–Crippen MR) is 66.8 cm³/mol. The third-order valence-corrected chi connectivity index (χ3v) is 2.50. The van der Waals surface area contributed by atoms with Crippen molar-refractivity contribution in [3.8, 4) is 0 Å². The van der Waals surface area contributed by atoms with E-state index in [4.69, 9.17) is 0 Å². The van der Waals surface area contributed by atoms with Gasteiger partial charge in [-0.1, -0.05) is 12.1 Å². The molecule has 0 spiro atoms. The van der Waals surface area contributed by atoms with Crippen LogP contribution in [0.3, 0.4) is 0 Å². The Morgan fingerprint density at radius 1 is 1.05 bits per heavy atom. The quantitative estimate of drug-likeness (QED) is 0.679. The van der Waals surface area contributed by atoms with E-state index in [2.05, 4.69) is 5.32 Å². The second-order valence-corrected chi connectivity index (χ2v) is 3.94. The molecule has 19 heavy (non-hydrogen) atoms. The van der Waals surface area contributed by atoms with E-state index in [9.17, 15) is 18.9 Å². The zero-order valence-electron chi connectivity index (χ0n) is 9.77. The molecule has 2 aromatic rings. The molecule has 1 N–H and O–H groups in total. The summed E-state index contributed by atoms with van der Waals surface area (Å²) in [4.78, 5) is 9.93. The molecule has 0 radical (unpaired) electrons. The Balaban J connectivity index is 2.11. The lowest BCUT2D eigenvalue weighted by Crippen LogP contribution is -2.01. The van der Waals surface area contributed by atoms with Crippen molar-refractivity contribution in [1.82, 2.24) is 0 Å². The molecule has 0 aromatic heterocycles. The van der Waals surface area contributed by atoms with Crippen molar-refractivity contribution in [1.29, 1.82) is 0 Å². The van der Waals surface area contributed by atoms with E-state index >= 15 is 0 Å². The average Bonchev–Trinajstić information content (AvgIpc) is 2.37. The fourth-order valence-electron chi connectivity index (χ4n) is 1.59. The molecule has 0 aliphatic heterocycles. The minimum absolute atomic E-state index is 0.302. The van der Waals surface area contributed by atoms with E-state index in [1.807, 2.05) is 0 Å².